The molecular weight excluding hydrogens is 296 g/mol. The van der Waals surface area contributed by atoms with E-state index < -0.39 is 0 Å². The molecule has 2 nitrogen and oxygen atoms in total. The van der Waals surface area contributed by atoms with Crippen LogP contribution in [0.15, 0.2) is 35.7 Å². The van der Waals surface area contributed by atoms with Gasteiger partial charge in [0, 0.05) is 29.2 Å². The van der Waals surface area contributed by atoms with Crippen LogP contribution in [0.1, 0.15) is 25.3 Å². The number of thiazole rings is 1. The van der Waals surface area contributed by atoms with Crippen LogP contribution in [0.25, 0.3) is 11.3 Å². The SMILES string of the molecule is CCCNC(CSCC)Cc1nc(-c2ccccc2)cs1. The molecule has 0 saturated carbocycles. The van der Waals surface area contributed by atoms with Gasteiger partial charge in [0.25, 0.3) is 0 Å². The van der Waals surface area contributed by atoms with E-state index in [9.17, 15) is 0 Å². The van der Waals surface area contributed by atoms with Crippen molar-refractivity contribution in [1.29, 1.82) is 0 Å². The minimum atomic E-state index is 0.532. The molecule has 21 heavy (non-hydrogen) atoms. The largest absolute Gasteiger partial charge is 0.313 e. The van der Waals surface area contributed by atoms with Crippen LogP contribution in [0.2, 0.25) is 0 Å². The van der Waals surface area contributed by atoms with Crippen LogP contribution in [0.4, 0.5) is 0 Å². The van der Waals surface area contributed by atoms with Crippen LogP contribution in [0.5, 0.6) is 0 Å². The molecule has 1 unspecified atom stereocenters. The van der Waals surface area contributed by atoms with Crippen molar-refractivity contribution in [3.63, 3.8) is 0 Å². The third-order valence-electron chi connectivity index (χ3n) is 3.25. The Morgan fingerprint density at radius 2 is 2.05 bits per heavy atom. The number of rotatable bonds is 9. The van der Waals surface area contributed by atoms with Crippen molar-refractivity contribution in [2.24, 2.45) is 0 Å². The molecule has 0 aliphatic carbocycles. The van der Waals surface area contributed by atoms with Gasteiger partial charge < -0.3 is 5.32 Å². The fourth-order valence-corrected chi connectivity index (χ4v) is 3.80. The first-order valence-electron chi connectivity index (χ1n) is 7.64. The molecule has 0 aliphatic rings. The van der Waals surface area contributed by atoms with Gasteiger partial charge in [0.2, 0.25) is 0 Å². The second-order valence-corrected chi connectivity index (χ2v) is 7.27. The highest BCUT2D eigenvalue weighted by Gasteiger charge is 2.12. The summed E-state index contributed by atoms with van der Waals surface area (Å²) in [7, 11) is 0. The Labute approximate surface area is 136 Å². The lowest BCUT2D eigenvalue weighted by Crippen LogP contribution is -2.34. The molecule has 1 aromatic carbocycles. The Morgan fingerprint density at radius 3 is 2.76 bits per heavy atom. The fourth-order valence-electron chi connectivity index (χ4n) is 2.16. The second-order valence-electron chi connectivity index (χ2n) is 5.01. The van der Waals surface area contributed by atoms with Crippen LogP contribution in [-0.4, -0.2) is 29.1 Å². The first-order chi connectivity index (χ1) is 10.3. The molecule has 2 aromatic rings. The summed E-state index contributed by atoms with van der Waals surface area (Å²) in [6, 6.07) is 11.0. The summed E-state index contributed by atoms with van der Waals surface area (Å²) < 4.78 is 0. The first kappa shape index (κ1) is 16.5. The predicted octanol–water partition coefficient (Wildman–Crippen LogP) is 4.47. The van der Waals surface area contributed by atoms with Crippen LogP contribution >= 0.6 is 23.1 Å². The summed E-state index contributed by atoms with van der Waals surface area (Å²) in [6.07, 6.45) is 2.21. The van der Waals surface area contributed by atoms with Crippen molar-refractivity contribution in [3.8, 4) is 11.3 Å². The Kier molecular flexibility index (Phi) is 7.27. The molecular formula is C17H24N2S2. The van der Waals surface area contributed by atoms with E-state index in [-0.39, 0.29) is 0 Å². The van der Waals surface area contributed by atoms with E-state index in [2.05, 4.69) is 48.8 Å². The molecule has 0 radical (unpaired) electrons. The van der Waals surface area contributed by atoms with Gasteiger partial charge in [0.1, 0.15) is 0 Å². The number of benzene rings is 1. The molecule has 0 fully saturated rings. The maximum Gasteiger partial charge on any atom is 0.0948 e. The smallest absolute Gasteiger partial charge is 0.0948 e. The van der Waals surface area contributed by atoms with Crippen LogP contribution < -0.4 is 5.32 Å². The van der Waals surface area contributed by atoms with E-state index in [4.69, 9.17) is 4.98 Å². The summed E-state index contributed by atoms with van der Waals surface area (Å²) in [4.78, 5) is 4.81. The topological polar surface area (TPSA) is 24.9 Å². The molecule has 0 spiro atoms. The van der Waals surface area contributed by atoms with Crippen LogP contribution in [0, 0.1) is 0 Å². The van der Waals surface area contributed by atoms with Gasteiger partial charge in [-0.1, -0.05) is 44.2 Å². The van der Waals surface area contributed by atoms with Crippen molar-refractivity contribution in [3.05, 3.63) is 40.7 Å². The second kappa shape index (κ2) is 9.23. The number of nitrogens with zero attached hydrogens (tertiary/aromatic N) is 1. The fraction of sp³-hybridized carbons (Fsp3) is 0.471. The molecule has 0 amide bonds. The zero-order valence-electron chi connectivity index (χ0n) is 12.8. The summed E-state index contributed by atoms with van der Waals surface area (Å²) in [6.45, 7) is 5.53. The van der Waals surface area contributed by atoms with Crippen molar-refractivity contribution >= 4 is 23.1 Å². The summed E-state index contributed by atoms with van der Waals surface area (Å²) in [5.74, 6) is 2.34. The lowest BCUT2D eigenvalue weighted by Gasteiger charge is -2.16. The molecule has 0 bridgehead atoms. The van der Waals surface area contributed by atoms with Crippen molar-refractivity contribution in [1.82, 2.24) is 10.3 Å². The quantitative estimate of drug-likeness (QED) is 0.737. The normalized spacial score (nSPS) is 12.5. The third-order valence-corrected chi connectivity index (χ3v) is 5.17. The average Bonchev–Trinajstić information content (AvgIpc) is 2.99. The zero-order valence-corrected chi connectivity index (χ0v) is 14.5. The molecule has 114 valence electrons. The van der Waals surface area contributed by atoms with Crippen molar-refractivity contribution in [2.45, 2.75) is 32.7 Å². The lowest BCUT2D eigenvalue weighted by atomic mass is 10.2. The van der Waals surface area contributed by atoms with Gasteiger partial charge in [-0.15, -0.1) is 11.3 Å². The molecule has 1 N–H and O–H groups in total. The lowest BCUT2D eigenvalue weighted by molar-refractivity contribution is 0.549. The minimum Gasteiger partial charge on any atom is -0.313 e. The highest BCUT2D eigenvalue weighted by atomic mass is 32.2. The first-order valence-corrected chi connectivity index (χ1v) is 9.67. The molecule has 0 saturated heterocycles. The van der Waals surface area contributed by atoms with Crippen LogP contribution in [0.3, 0.4) is 0 Å². The Hall–Kier alpha value is -0.840. The Morgan fingerprint density at radius 1 is 1.24 bits per heavy atom. The van der Waals surface area contributed by atoms with E-state index >= 15 is 0 Å². The Bertz CT molecular complexity index is 503. The molecule has 1 heterocycles. The molecule has 1 atom stereocenters. The molecule has 2 rings (SSSR count). The van der Waals surface area contributed by atoms with Gasteiger partial charge in [0.05, 0.1) is 10.7 Å². The maximum atomic E-state index is 4.81. The van der Waals surface area contributed by atoms with Gasteiger partial charge in [-0.25, -0.2) is 4.98 Å². The van der Waals surface area contributed by atoms with Crippen molar-refractivity contribution in [2.75, 3.05) is 18.1 Å². The maximum absolute atomic E-state index is 4.81. The zero-order chi connectivity index (χ0) is 14.9. The number of aromatic nitrogens is 1. The molecule has 1 aromatic heterocycles. The Balaban J connectivity index is 1.98. The van der Waals surface area contributed by atoms with E-state index in [0.29, 0.717) is 6.04 Å². The molecule has 0 aliphatic heterocycles. The van der Waals surface area contributed by atoms with Gasteiger partial charge in [-0.05, 0) is 18.7 Å². The third kappa shape index (κ3) is 5.46. The summed E-state index contributed by atoms with van der Waals surface area (Å²) in [5, 5.41) is 7.06. The minimum absolute atomic E-state index is 0.532. The monoisotopic (exact) mass is 320 g/mol. The van der Waals surface area contributed by atoms with E-state index in [1.165, 1.54) is 22.7 Å². The number of hydrogen-bond acceptors (Lipinski definition) is 4. The summed E-state index contributed by atoms with van der Waals surface area (Å²) >= 11 is 3.78. The van der Waals surface area contributed by atoms with E-state index in [1.807, 2.05) is 17.8 Å². The van der Waals surface area contributed by atoms with Gasteiger partial charge >= 0.3 is 0 Å². The van der Waals surface area contributed by atoms with E-state index in [1.54, 1.807) is 11.3 Å². The highest BCUT2D eigenvalue weighted by Crippen LogP contribution is 2.22. The van der Waals surface area contributed by atoms with Gasteiger partial charge in [0.15, 0.2) is 0 Å². The van der Waals surface area contributed by atoms with Gasteiger partial charge in [-0.2, -0.15) is 11.8 Å². The van der Waals surface area contributed by atoms with Gasteiger partial charge in [-0.3, -0.25) is 0 Å². The number of hydrogen-bond donors (Lipinski definition) is 1. The van der Waals surface area contributed by atoms with Crippen LogP contribution in [-0.2, 0) is 6.42 Å². The number of thioether (sulfide) groups is 1. The van der Waals surface area contributed by atoms with E-state index in [0.717, 1.165) is 24.4 Å². The standard InChI is InChI=1S/C17H24N2S2/c1-3-10-18-15(12-20-4-2)11-17-19-16(13-21-17)14-8-6-5-7-9-14/h5-9,13,15,18H,3-4,10-12H2,1-2H3. The predicted molar refractivity (Wildman–Crippen MR) is 96.3 cm³/mol. The molecule has 4 heteroatoms. The highest BCUT2D eigenvalue weighted by molar-refractivity contribution is 7.99. The summed E-state index contributed by atoms with van der Waals surface area (Å²) in [5.41, 5.74) is 2.31. The number of nitrogens with one attached hydrogen (secondary N) is 1. The van der Waals surface area contributed by atoms with Crippen molar-refractivity contribution < 1.29 is 0 Å². The average molecular weight is 321 g/mol.